The Hall–Kier alpha value is -1.40. The number of ether oxygens (including phenoxy) is 2. The molecule has 3 rings (SSSR count). The predicted molar refractivity (Wildman–Crippen MR) is 116 cm³/mol. The number of fused-ring (bicyclic) bond motifs is 2. The van der Waals surface area contributed by atoms with Gasteiger partial charge >= 0.3 is 6.09 Å². The Morgan fingerprint density at radius 2 is 2.03 bits per heavy atom. The van der Waals surface area contributed by atoms with Crippen LogP contribution in [-0.4, -0.2) is 49.2 Å². The highest BCUT2D eigenvalue weighted by atomic mass is 79.9. The van der Waals surface area contributed by atoms with E-state index in [1.54, 1.807) is 0 Å². The van der Waals surface area contributed by atoms with E-state index in [9.17, 15) is 9.59 Å². The molecule has 29 heavy (non-hydrogen) atoms. The summed E-state index contributed by atoms with van der Waals surface area (Å²) in [6.07, 6.45) is 3.48. The van der Waals surface area contributed by atoms with Gasteiger partial charge in [-0.25, -0.2) is 4.79 Å². The number of halogens is 1. The summed E-state index contributed by atoms with van der Waals surface area (Å²) in [4.78, 5) is 26.2. The summed E-state index contributed by atoms with van der Waals surface area (Å²) >= 11 is 3.77. The van der Waals surface area contributed by atoms with Gasteiger partial charge in [0.15, 0.2) is 0 Å². The summed E-state index contributed by atoms with van der Waals surface area (Å²) in [7, 11) is 0. The fourth-order valence-electron chi connectivity index (χ4n) is 4.83. The van der Waals surface area contributed by atoms with Crippen LogP contribution in [0.5, 0.6) is 0 Å². The van der Waals surface area contributed by atoms with E-state index in [-0.39, 0.29) is 23.3 Å². The van der Waals surface area contributed by atoms with Gasteiger partial charge < -0.3 is 19.2 Å². The summed E-state index contributed by atoms with van der Waals surface area (Å²) in [6.45, 7) is 10.0. The maximum absolute atomic E-state index is 12.5. The van der Waals surface area contributed by atoms with Crippen molar-refractivity contribution in [1.82, 2.24) is 4.90 Å². The van der Waals surface area contributed by atoms with Crippen molar-refractivity contribution in [2.24, 2.45) is 5.92 Å². The second-order valence-electron chi connectivity index (χ2n) is 9.22. The third-order valence-corrected chi connectivity index (χ3v) is 6.83. The summed E-state index contributed by atoms with van der Waals surface area (Å²) in [6, 6.07) is 6.29. The van der Waals surface area contributed by atoms with E-state index >= 15 is 0 Å². The van der Waals surface area contributed by atoms with E-state index < -0.39 is 5.60 Å². The maximum atomic E-state index is 12.5. The lowest BCUT2D eigenvalue weighted by Crippen LogP contribution is -2.46. The number of carbonyl (C=O) groups excluding carboxylic acids is 2. The van der Waals surface area contributed by atoms with Crippen LogP contribution < -0.4 is 0 Å². The molecule has 0 aromatic heterocycles. The Morgan fingerprint density at radius 1 is 1.34 bits per heavy atom. The highest BCUT2D eigenvalue weighted by Gasteiger charge is 2.49. The van der Waals surface area contributed by atoms with Crippen molar-refractivity contribution < 1.29 is 19.1 Å². The van der Waals surface area contributed by atoms with Crippen LogP contribution in [0, 0.1) is 5.92 Å². The molecule has 0 bridgehead atoms. The molecule has 1 aliphatic carbocycles. The molecule has 5 nitrogen and oxygen atoms in total. The van der Waals surface area contributed by atoms with Gasteiger partial charge in [-0.05, 0) is 70.1 Å². The van der Waals surface area contributed by atoms with Crippen molar-refractivity contribution in [1.29, 1.82) is 0 Å². The summed E-state index contributed by atoms with van der Waals surface area (Å²) in [5.41, 5.74) is 2.06. The molecule has 1 aliphatic heterocycles. The summed E-state index contributed by atoms with van der Waals surface area (Å²) in [5, 5.41) is 0. The molecule has 1 spiro atoms. The van der Waals surface area contributed by atoms with E-state index in [0.29, 0.717) is 26.3 Å². The standard InChI is InChI=1S/C23H32BrNO4/c1-5-28-15-16(14-26)18-13-23(20-17(18)7-6-8-19(20)24)9-11-25(12-10-23)21(27)29-22(2,3)4/h6-8,14,16,18H,5,9-13,15H2,1-4H3. The summed E-state index contributed by atoms with van der Waals surface area (Å²) < 4.78 is 12.3. The van der Waals surface area contributed by atoms with Gasteiger partial charge in [-0.1, -0.05) is 28.1 Å². The van der Waals surface area contributed by atoms with Gasteiger partial charge in [-0.3, -0.25) is 0 Å². The minimum atomic E-state index is -0.489. The molecule has 1 saturated heterocycles. The molecule has 0 saturated carbocycles. The second kappa shape index (κ2) is 8.76. The lowest BCUT2D eigenvalue weighted by Gasteiger charge is -2.41. The monoisotopic (exact) mass is 465 g/mol. The van der Waals surface area contributed by atoms with Crippen LogP contribution in [-0.2, 0) is 19.7 Å². The number of hydrogen-bond acceptors (Lipinski definition) is 4. The van der Waals surface area contributed by atoms with Crippen molar-refractivity contribution >= 4 is 28.3 Å². The fourth-order valence-corrected chi connectivity index (χ4v) is 5.63. The topological polar surface area (TPSA) is 55.8 Å². The van der Waals surface area contributed by atoms with Gasteiger partial charge in [-0.2, -0.15) is 0 Å². The molecular formula is C23H32BrNO4. The largest absolute Gasteiger partial charge is 0.444 e. The smallest absolute Gasteiger partial charge is 0.410 e. The van der Waals surface area contributed by atoms with Crippen molar-refractivity contribution in [2.45, 2.75) is 63.9 Å². The lowest BCUT2D eigenvalue weighted by molar-refractivity contribution is -0.113. The Morgan fingerprint density at radius 3 is 2.62 bits per heavy atom. The van der Waals surface area contributed by atoms with E-state index in [0.717, 1.165) is 30.0 Å². The molecule has 6 heteroatoms. The molecule has 160 valence electrons. The van der Waals surface area contributed by atoms with E-state index in [1.807, 2.05) is 38.7 Å². The summed E-state index contributed by atoms with van der Waals surface area (Å²) in [5.74, 6) is 0.00545. The minimum Gasteiger partial charge on any atom is -0.444 e. The first-order valence-corrected chi connectivity index (χ1v) is 11.3. The first-order valence-electron chi connectivity index (χ1n) is 10.5. The highest BCUT2D eigenvalue weighted by molar-refractivity contribution is 9.10. The van der Waals surface area contributed by atoms with Crippen molar-refractivity contribution in [3.63, 3.8) is 0 Å². The van der Waals surface area contributed by atoms with E-state index in [4.69, 9.17) is 9.47 Å². The highest BCUT2D eigenvalue weighted by Crippen LogP contribution is 2.55. The number of hydrogen-bond donors (Lipinski definition) is 0. The van der Waals surface area contributed by atoms with E-state index in [2.05, 4.69) is 28.1 Å². The zero-order chi connectivity index (χ0) is 21.2. The van der Waals surface area contributed by atoms with Gasteiger partial charge in [-0.15, -0.1) is 0 Å². The van der Waals surface area contributed by atoms with Crippen LogP contribution in [0.1, 0.15) is 64.0 Å². The Labute approximate surface area is 182 Å². The van der Waals surface area contributed by atoms with Crippen LogP contribution in [0.4, 0.5) is 4.79 Å². The molecular weight excluding hydrogens is 434 g/mol. The number of nitrogens with zero attached hydrogens (tertiary/aromatic N) is 1. The van der Waals surface area contributed by atoms with Gasteiger partial charge in [0, 0.05) is 35.5 Å². The van der Waals surface area contributed by atoms with Crippen LogP contribution in [0.15, 0.2) is 22.7 Å². The molecule has 2 atom stereocenters. The van der Waals surface area contributed by atoms with Crippen molar-refractivity contribution in [2.75, 3.05) is 26.3 Å². The van der Waals surface area contributed by atoms with Gasteiger partial charge in [0.05, 0.1) is 6.61 Å². The lowest BCUT2D eigenvalue weighted by atomic mass is 9.72. The number of piperidine rings is 1. The van der Waals surface area contributed by atoms with Crippen LogP contribution in [0.3, 0.4) is 0 Å². The Bertz CT molecular complexity index is 750. The van der Waals surface area contributed by atoms with Gasteiger partial charge in [0.2, 0.25) is 0 Å². The van der Waals surface area contributed by atoms with Crippen LogP contribution in [0.2, 0.25) is 0 Å². The third-order valence-electron chi connectivity index (χ3n) is 6.16. The Kier molecular flexibility index (Phi) is 6.74. The number of aldehydes is 1. The SMILES string of the molecule is CCOCC(C=O)C1CC2(CCN(C(=O)OC(C)(C)C)CC2)c2c(Br)cccc21. The molecule has 1 aromatic carbocycles. The number of carbonyl (C=O) groups is 2. The Balaban J connectivity index is 1.82. The maximum Gasteiger partial charge on any atom is 0.410 e. The average Bonchev–Trinajstić information content (AvgIpc) is 2.97. The van der Waals surface area contributed by atoms with Crippen molar-refractivity contribution in [3.8, 4) is 0 Å². The molecule has 1 heterocycles. The normalized spacial score (nSPS) is 21.7. The average molecular weight is 466 g/mol. The number of benzene rings is 1. The van der Waals surface area contributed by atoms with Crippen LogP contribution >= 0.6 is 15.9 Å². The third kappa shape index (κ3) is 4.69. The van der Waals surface area contributed by atoms with Crippen molar-refractivity contribution in [3.05, 3.63) is 33.8 Å². The van der Waals surface area contributed by atoms with E-state index in [1.165, 1.54) is 11.1 Å². The number of amides is 1. The second-order valence-corrected chi connectivity index (χ2v) is 10.1. The molecule has 2 aliphatic rings. The zero-order valence-corrected chi connectivity index (χ0v) is 19.5. The molecule has 1 amide bonds. The first-order chi connectivity index (χ1) is 13.7. The zero-order valence-electron chi connectivity index (χ0n) is 17.9. The van der Waals surface area contributed by atoms with Gasteiger partial charge in [0.1, 0.15) is 11.9 Å². The van der Waals surface area contributed by atoms with Crippen LogP contribution in [0.25, 0.3) is 0 Å². The first kappa shape index (κ1) is 22.3. The number of rotatable bonds is 5. The molecule has 0 radical (unpaired) electrons. The number of likely N-dealkylation sites (tertiary alicyclic amines) is 1. The van der Waals surface area contributed by atoms with Gasteiger partial charge in [0.25, 0.3) is 0 Å². The molecule has 0 N–H and O–H groups in total. The molecule has 2 unspecified atom stereocenters. The molecule has 1 fully saturated rings. The fraction of sp³-hybridized carbons (Fsp3) is 0.652. The predicted octanol–water partition coefficient (Wildman–Crippen LogP) is 5.06. The molecule has 1 aromatic rings. The quantitative estimate of drug-likeness (QED) is 0.570. The minimum absolute atomic E-state index is 0.0217.